The Morgan fingerprint density at radius 1 is 1.00 bits per heavy atom. The van der Waals surface area contributed by atoms with Crippen LogP contribution in [0, 0.1) is 5.82 Å². The molecule has 0 bridgehead atoms. The summed E-state index contributed by atoms with van der Waals surface area (Å²) in [6, 6.07) is 19.6. The van der Waals surface area contributed by atoms with Crippen molar-refractivity contribution < 1.29 is 18.3 Å². The maximum Gasteiger partial charge on any atom is 0.258 e. The van der Waals surface area contributed by atoms with Gasteiger partial charge in [0.1, 0.15) is 17.3 Å². The molecule has 1 aromatic heterocycles. The Kier molecular flexibility index (Phi) is 6.84. The molecule has 1 N–H and O–H groups in total. The van der Waals surface area contributed by atoms with E-state index in [-0.39, 0.29) is 24.4 Å². The number of ether oxygens (including phenoxy) is 1. The lowest BCUT2D eigenvalue weighted by atomic mass is 10.1. The second-order valence-electron chi connectivity index (χ2n) is 7.44. The summed E-state index contributed by atoms with van der Waals surface area (Å²) in [5.74, 6) is 1.08. The highest BCUT2D eigenvalue weighted by molar-refractivity contribution is 5.77. The summed E-state index contributed by atoms with van der Waals surface area (Å²) < 4.78 is 24.4. The number of nitrogens with zero attached hydrogens (tertiary/aromatic N) is 2. The highest BCUT2D eigenvalue weighted by Crippen LogP contribution is 2.24. The number of anilines is 1. The number of hydrogen-bond acceptors (Lipinski definition) is 5. The second kappa shape index (κ2) is 10.1. The van der Waals surface area contributed by atoms with Crippen molar-refractivity contribution in [3.8, 4) is 5.75 Å². The Hall–Kier alpha value is -3.32. The monoisotopic (exact) mass is 423 g/mol. The number of furan rings is 1. The van der Waals surface area contributed by atoms with Crippen LogP contribution < -0.4 is 15.0 Å². The molecule has 2 heterocycles. The third kappa shape index (κ3) is 5.64. The minimum atomic E-state index is -0.229. The van der Waals surface area contributed by atoms with Gasteiger partial charge in [0.25, 0.3) is 5.91 Å². The molecule has 3 aromatic rings. The van der Waals surface area contributed by atoms with E-state index in [2.05, 4.69) is 15.1 Å². The average molecular weight is 423 g/mol. The normalized spacial score (nSPS) is 15.5. The SMILES string of the molecule is O=C(COc1ccccc1)NC[C@@H](c1ccco1)N1CCN(c2ccc(F)cc2)CC1. The van der Waals surface area contributed by atoms with Crippen molar-refractivity contribution in [3.05, 3.63) is 84.6 Å². The summed E-state index contributed by atoms with van der Waals surface area (Å²) in [6.45, 7) is 3.63. The minimum absolute atomic E-state index is 0.0345. The number of piperazine rings is 1. The lowest BCUT2D eigenvalue weighted by Gasteiger charge is -2.39. The van der Waals surface area contributed by atoms with E-state index >= 15 is 0 Å². The van der Waals surface area contributed by atoms with Gasteiger partial charge in [-0.15, -0.1) is 0 Å². The van der Waals surface area contributed by atoms with Crippen LogP contribution in [-0.2, 0) is 4.79 Å². The van der Waals surface area contributed by atoms with Crippen molar-refractivity contribution >= 4 is 11.6 Å². The van der Waals surface area contributed by atoms with Gasteiger partial charge < -0.3 is 19.4 Å². The first-order valence-corrected chi connectivity index (χ1v) is 10.4. The number of carbonyl (C=O) groups is 1. The topological polar surface area (TPSA) is 58.0 Å². The Morgan fingerprint density at radius 2 is 1.74 bits per heavy atom. The van der Waals surface area contributed by atoms with Crippen LogP contribution in [0.5, 0.6) is 5.75 Å². The smallest absolute Gasteiger partial charge is 0.258 e. The van der Waals surface area contributed by atoms with Gasteiger partial charge in [-0.25, -0.2) is 4.39 Å². The molecule has 4 rings (SSSR count). The number of hydrogen-bond donors (Lipinski definition) is 1. The van der Waals surface area contributed by atoms with Crippen LogP contribution in [0.15, 0.2) is 77.4 Å². The number of para-hydroxylation sites is 1. The number of halogens is 1. The van der Waals surface area contributed by atoms with E-state index in [0.29, 0.717) is 12.3 Å². The summed E-state index contributed by atoms with van der Waals surface area (Å²) in [5.41, 5.74) is 1.02. The van der Waals surface area contributed by atoms with Crippen LogP contribution >= 0.6 is 0 Å². The quantitative estimate of drug-likeness (QED) is 0.601. The van der Waals surface area contributed by atoms with Crippen molar-refractivity contribution in [3.63, 3.8) is 0 Å². The van der Waals surface area contributed by atoms with Crippen LogP contribution in [0.25, 0.3) is 0 Å². The lowest BCUT2D eigenvalue weighted by Crippen LogP contribution is -2.50. The van der Waals surface area contributed by atoms with Crippen molar-refractivity contribution in [2.45, 2.75) is 6.04 Å². The molecule has 0 unspecified atom stereocenters. The summed E-state index contributed by atoms with van der Waals surface area (Å²) in [5, 5.41) is 2.97. The lowest BCUT2D eigenvalue weighted by molar-refractivity contribution is -0.123. The molecule has 0 spiro atoms. The van der Waals surface area contributed by atoms with Crippen molar-refractivity contribution in [1.29, 1.82) is 0 Å². The number of rotatable bonds is 8. The first kappa shape index (κ1) is 20.9. The van der Waals surface area contributed by atoms with Gasteiger partial charge in [0.05, 0.1) is 12.3 Å². The molecule has 31 heavy (non-hydrogen) atoms. The number of carbonyl (C=O) groups excluding carboxylic acids is 1. The molecule has 1 amide bonds. The zero-order chi connectivity index (χ0) is 21.5. The minimum Gasteiger partial charge on any atom is -0.484 e. The van der Waals surface area contributed by atoms with E-state index < -0.39 is 0 Å². The van der Waals surface area contributed by atoms with E-state index in [1.54, 1.807) is 6.26 Å². The van der Waals surface area contributed by atoms with Crippen LogP contribution in [0.1, 0.15) is 11.8 Å². The zero-order valence-electron chi connectivity index (χ0n) is 17.2. The fourth-order valence-electron chi connectivity index (χ4n) is 3.76. The third-order valence-electron chi connectivity index (χ3n) is 5.42. The summed E-state index contributed by atoms with van der Waals surface area (Å²) in [6.07, 6.45) is 1.65. The van der Waals surface area contributed by atoms with Crippen molar-refractivity contribution in [2.24, 2.45) is 0 Å². The molecule has 1 fully saturated rings. The number of nitrogens with one attached hydrogen (secondary N) is 1. The zero-order valence-corrected chi connectivity index (χ0v) is 17.2. The molecule has 6 nitrogen and oxygen atoms in total. The van der Waals surface area contributed by atoms with Gasteiger partial charge in [-0.05, 0) is 48.5 Å². The maximum atomic E-state index is 13.2. The Labute approximate surface area is 181 Å². The van der Waals surface area contributed by atoms with E-state index in [9.17, 15) is 9.18 Å². The van der Waals surface area contributed by atoms with Crippen LogP contribution in [-0.4, -0.2) is 50.1 Å². The molecule has 1 aliphatic heterocycles. The van der Waals surface area contributed by atoms with Crippen LogP contribution in [0.2, 0.25) is 0 Å². The molecule has 7 heteroatoms. The van der Waals surface area contributed by atoms with E-state index in [1.807, 2.05) is 54.6 Å². The standard InChI is InChI=1S/C24H26FN3O3/c25-19-8-10-20(11-9-19)27-12-14-28(15-13-27)22(23-7-4-16-30-23)17-26-24(29)18-31-21-5-2-1-3-6-21/h1-11,16,22H,12-15,17-18H2,(H,26,29)/t22-/m0/s1. The van der Waals surface area contributed by atoms with Crippen molar-refractivity contribution in [1.82, 2.24) is 10.2 Å². The average Bonchev–Trinajstić information content (AvgIpc) is 3.34. The molecule has 0 aliphatic carbocycles. The number of benzene rings is 2. The summed E-state index contributed by atoms with van der Waals surface area (Å²) in [4.78, 5) is 16.9. The fraction of sp³-hybridized carbons (Fsp3) is 0.292. The van der Waals surface area contributed by atoms with E-state index in [0.717, 1.165) is 37.6 Å². The van der Waals surface area contributed by atoms with Crippen molar-refractivity contribution in [2.75, 3.05) is 44.2 Å². The Morgan fingerprint density at radius 3 is 2.42 bits per heavy atom. The largest absolute Gasteiger partial charge is 0.484 e. The predicted octanol–water partition coefficient (Wildman–Crippen LogP) is 3.48. The molecule has 162 valence electrons. The van der Waals surface area contributed by atoms with E-state index in [1.165, 1.54) is 12.1 Å². The molecule has 1 saturated heterocycles. The molecular formula is C24H26FN3O3. The van der Waals surface area contributed by atoms with E-state index in [4.69, 9.17) is 9.15 Å². The first-order chi connectivity index (χ1) is 15.2. The molecular weight excluding hydrogens is 397 g/mol. The molecule has 1 atom stereocenters. The molecule has 1 aliphatic rings. The highest BCUT2D eigenvalue weighted by atomic mass is 19.1. The predicted molar refractivity (Wildman–Crippen MR) is 117 cm³/mol. The van der Waals surface area contributed by atoms with Crippen LogP contribution in [0.3, 0.4) is 0 Å². The van der Waals surface area contributed by atoms with Crippen LogP contribution in [0.4, 0.5) is 10.1 Å². The molecule has 2 aromatic carbocycles. The van der Waals surface area contributed by atoms with Gasteiger partial charge >= 0.3 is 0 Å². The third-order valence-corrected chi connectivity index (χ3v) is 5.42. The first-order valence-electron chi connectivity index (χ1n) is 10.4. The van der Waals surface area contributed by atoms with Gasteiger partial charge in [0, 0.05) is 38.4 Å². The number of amides is 1. The summed E-state index contributed by atoms with van der Waals surface area (Å²) in [7, 11) is 0. The summed E-state index contributed by atoms with van der Waals surface area (Å²) >= 11 is 0. The highest BCUT2D eigenvalue weighted by Gasteiger charge is 2.27. The second-order valence-corrected chi connectivity index (χ2v) is 7.44. The van der Waals surface area contributed by atoms with Gasteiger partial charge in [-0.3, -0.25) is 9.69 Å². The van der Waals surface area contributed by atoms with Gasteiger partial charge in [0.2, 0.25) is 0 Å². The molecule has 0 saturated carbocycles. The van der Waals surface area contributed by atoms with Gasteiger partial charge in [-0.1, -0.05) is 18.2 Å². The Balaban J connectivity index is 1.32. The Bertz CT molecular complexity index is 940. The maximum absolute atomic E-state index is 13.2. The molecule has 0 radical (unpaired) electrons. The van der Waals surface area contributed by atoms with Gasteiger partial charge in [-0.2, -0.15) is 0 Å². The van der Waals surface area contributed by atoms with Gasteiger partial charge in [0.15, 0.2) is 6.61 Å². The fourth-order valence-corrected chi connectivity index (χ4v) is 3.76.